The van der Waals surface area contributed by atoms with Gasteiger partial charge >= 0.3 is 0 Å². The van der Waals surface area contributed by atoms with Gasteiger partial charge in [0.2, 0.25) is 5.91 Å². The number of amides is 1. The van der Waals surface area contributed by atoms with Gasteiger partial charge in [-0.2, -0.15) is 0 Å². The van der Waals surface area contributed by atoms with Crippen LogP contribution in [0.1, 0.15) is 22.6 Å². The van der Waals surface area contributed by atoms with Gasteiger partial charge in [-0.3, -0.25) is 28.3 Å². The Balaban J connectivity index is 1.17. The van der Waals surface area contributed by atoms with E-state index < -0.39 is 0 Å². The third kappa shape index (κ3) is 4.23. The van der Waals surface area contributed by atoms with Crippen LogP contribution < -0.4 is 11.1 Å². The molecular weight excluding hydrogens is 460 g/mol. The van der Waals surface area contributed by atoms with E-state index in [2.05, 4.69) is 14.9 Å². The Bertz CT molecular complexity index is 1460. The Kier molecular flexibility index (Phi) is 5.85. The van der Waals surface area contributed by atoms with E-state index in [0.29, 0.717) is 36.5 Å². The molecule has 0 aliphatic carbocycles. The zero-order valence-corrected chi connectivity index (χ0v) is 20.1. The Hall–Kier alpha value is -2.89. The number of hydrogen-bond donors (Lipinski definition) is 0. The summed E-state index contributed by atoms with van der Waals surface area (Å²) in [7, 11) is 0. The molecule has 5 rings (SSSR count). The maximum atomic E-state index is 12.8. The molecule has 1 aliphatic heterocycles. The molecule has 11 heteroatoms. The first kappa shape index (κ1) is 21.9. The fourth-order valence-corrected chi connectivity index (χ4v) is 5.88. The van der Waals surface area contributed by atoms with Gasteiger partial charge in [0.25, 0.3) is 11.1 Å². The zero-order chi connectivity index (χ0) is 23.1. The van der Waals surface area contributed by atoms with E-state index in [4.69, 9.17) is 0 Å². The van der Waals surface area contributed by atoms with Crippen LogP contribution in [0.2, 0.25) is 0 Å². The van der Waals surface area contributed by atoms with Crippen molar-refractivity contribution in [3.8, 4) is 0 Å². The minimum absolute atomic E-state index is 0.0382. The first-order valence-corrected chi connectivity index (χ1v) is 12.5. The number of piperazine rings is 1. The van der Waals surface area contributed by atoms with Crippen molar-refractivity contribution >= 4 is 43.8 Å². The molecule has 4 aromatic heterocycles. The minimum Gasteiger partial charge on any atom is -0.340 e. The molecule has 9 nitrogen and oxygen atoms in total. The number of carbonyl (C=O) groups is 1. The highest BCUT2D eigenvalue weighted by atomic mass is 32.1. The summed E-state index contributed by atoms with van der Waals surface area (Å²) in [4.78, 5) is 53.3. The predicted octanol–water partition coefficient (Wildman–Crippen LogP) is 1.88. The number of carbonyl (C=O) groups excluding carboxylic acids is 1. The van der Waals surface area contributed by atoms with Crippen molar-refractivity contribution in [1.29, 1.82) is 0 Å². The third-order valence-corrected chi connectivity index (χ3v) is 8.06. The molecule has 0 aromatic carbocycles. The van der Waals surface area contributed by atoms with Crippen LogP contribution in [0.15, 0.2) is 33.6 Å². The number of hydrogen-bond acceptors (Lipinski definition) is 8. The molecule has 0 bridgehead atoms. The van der Waals surface area contributed by atoms with Gasteiger partial charge in [-0.15, -0.1) is 22.7 Å². The molecule has 0 unspecified atom stereocenters. The van der Waals surface area contributed by atoms with Crippen molar-refractivity contribution in [1.82, 2.24) is 28.7 Å². The van der Waals surface area contributed by atoms with Crippen molar-refractivity contribution in [3.05, 3.63) is 60.8 Å². The van der Waals surface area contributed by atoms with Gasteiger partial charge in [0.15, 0.2) is 4.96 Å². The van der Waals surface area contributed by atoms with Gasteiger partial charge in [0.05, 0.1) is 17.4 Å². The number of thiazole rings is 1. The molecule has 0 saturated carbocycles. The van der Waals surface area contributed by atoms with Crippen molar-refractivity contribution < 1.29 is 4.79 Å². The van der Waals surface area contributed by atoms with E-state index in [-0.39, 0.29) is 23.4 Å². The second-order valence-electron chi connectivity index (χ2n) is 8.25. The van der Waals surface area contributed by atoms with Gasteiger partial charge < -0.3 is 4.90 Å². The molecule has 1 saturated heterocycles. The maximum Gasteiger partial charge on any atom is 0.262 e. The van der Waals surface area contributed by atoms with Crippen LogP contribution in [0.5, 0.6) is 0 Å². The molecule has 0 radical (unpaired) electrons. The SMILES string of the molecule is Cc1sc2ncn(CCC(=O)N3CCN(Cc4cc(=O)n5ccsc5n4)CC3)c(=O)c2c1C. The van der Waals surface area contributed by atoms with Crippen LogP contribution in [-0.4, -0.2) is 60.8 Å². The Morgan fingerprint density at radius 2 is 1.94 bits per heavy atom. The van der Waals surface area contributed by atoms with Crippen LogP contribution >= 0.6 is 22.7 Å². The predicted molar refractivity (Wildman–Crippen MR) is 129 cm³/mol. The largest absolute Gasteiger partial charge is 0.340 e. The fraction of sp³-hybridized carbons (Fsp3) is 0.409. The molecule has 1 fully saturated rings. The van der Waals surface area contributed by atoms with Crippen LogP contribution in [0, 0.1) is 13.8 Å². The van der Waals surface area contributed by atoms with Crippen molar-refractivity contribution in [2.75, 3.05) is 26.2 Å². The molecule has 33 heavy (non-hydrogen) atoms. The van der Waals surface area contributed by atoms with E-state index in [0.717, 1.165) is 34.1 Å². The summed E-state index contributed by atoms with van der Waals surface area (Å²) in [5.74, 6) is 0.0382. The molecule has 5 heterocycles. The van der Waals surface area contributed by atoms with Gasteiger partial charge in [0, 0.05) is 68.2 Å². The molecule has 1 aliphatic rings. The average molecular weight is 485 g/mol. The zero-order valence-electron chi connectivity index (χ0n) is 18.5. The number of rotatable bonds is 5. The number of aromatic nitrogens is 4. The van der Waals surface area contributed by atoms with E-state index in [1.807, 2.05) is 24.1 Å². The smallest absolute Gasteiger partial charge is 0.262 e. The standard InChI is InChI=1S/C22H24N6O3S2/c1-14-15(2)33-20-19(14)21(31)27(13-23-20)4-3-17(29)26-7-5-25(6-8-26)12-16-11-18(30)28-9-10-32-22(28)24-16/h9-11,13H,3-8,12H2,1-2H3. The summed E-state index contributed by atoms with van der Waals surface area (Å²) in [5, 5.41) is 2.51. The van der Waals surface area contributed by atoms with Gasteiger partial charge in [-0.1, -0.05) is 0 Å². The van der Waals surface area contributed by atoms with Crippen molar-refractivity contribution in [3.63, 3.8) is 0 Å². The van der Waals surface area contributed by atoms with E-state index in [1.54, 1.807) is 27.6 Å². The highest BCUT2D eigenvalue weighted by Gasteiger charge is 2.22. The Morgan fingerprint density at radius 3 is 2.73 bits per heavy atom. The number of nitrogens with zero attached hydrogens (tertiary/aromatic N) is 6. The second-order valence-corrected chi connectivity index (χ2v) is 10.3. The molecule has 4 aromatic rings. The highest BCUT2D eigenvalue weighted by Crippen LogP contribution is 2.25. The maximum absolute atomic E-state index is 12.8. The average Bonchev–Trinajstić information content (AvgIpc) is 3.38. The number of fused-ring (bicyclic) bond motifs is 2. The van der Waals surface area contributed by atoms with Crippen molar-refractivity contribution in [2.24, 2.45) is 0 Å². The molecule has 0 N–H and O–H groups in total. The normalized spacial score (nSPS) is 15.0. The Morgan fingerprint density at radius 1 is 1.15 bits per heavy atom. The monoisotopic (exact) mass is 484 g/mol. The summed E-state index contributed by atoms with van der Waals surface area (Å²) in [6.45, 7) is 7.52. The van der Waals surface area contributed by atoms with Crippen molar-refractivity contribution in [2.45, 2.75) is 33.4 Å². The lowest BCUT2D eigenvalue weighted by atomic mass is 10.2. The van der Waals surface area contributed by atoms with Crippen LogP contribution in [-0.2, 0) is 17.9 Å². The third-order valence-electron chi connectivity index (χ3n) is 6.19. The van der Waals surface area contributed by atoms with Gasteiger partial charge in [0.1, 0.15) is 4.83 Å². The molecule has 0 spiro atoms. The molecule has 0 atom stereocenters. The quantitative estimate of drug-likeness (QED) is 0.430. The number of aryl methyl sites for hydroxylation is 3. The van der Waals surface area contributed by atoms with E-state index >= 15 is 0 Å². The summed E-state index contributed by atoms with van der Waals surface area (Å²) < 4.78 is 3.09. The lowest BCUT2D eigenvalue weighted by Crippen LogP contribution is -2.48. The summed E-state index contributed by atoms with van der Waals surface area (Å²) in [5.41, 5.74) is 1.58. The van der Waals surface area contributed by atoms with Crippen LogP contribution in [0.4, 0.5) is 0 Å². The Labute approximate surface area is 197 Å². The van der Waals surface area contributed by atoms with E-state index in [9.17, 15) is 14.4 Å². The topological polar surface area (TPSA) is 92.8 Å². The summed E-state index contributed by atoms with van der Waals surface area (Å²) in [6.07, 6.45) is 3.54. The highest BCUT2D eigenvalue weighted by molar-refractivity contribution is 7.18. The van der Waals surface area contributed by atoms with E-state index in [1.165, 1.54) is 22.7 Å². The molecular formula is C22H24N6O3S2. The van der Waals surface area contributed by atoms with Crippen LogP contribution in [0.3, 0.4) is 0 Å². The number of thiophene rings is 1. The first-order valence-electron chi connectivity index (χ1n) is 10.8. The van der Waals surface area contributed by atoms with Gasteiger partial charge in [-0.05, 0) is 19.4 Å². The minimum atomic E-state index is -0.0782. The molecule has 172 valence electrons. The van der Waals surface area contributed by atoms with Crippen LogP contribution in [0.25, 0.3) is 15.2 Å². The second kappa shape index (κ2) is 8.81. The lowest BCUT2D eigenvalue weighted by Gasteiger charge is -2.34. The molecule has 1 amide bonds. The fourth-order valence-electron chi connectivity index (χ4n) is 4.16. The summed E-state index contributed by atoms with van der Waals surface area (Å²) in [6, 6.07) is 1.58. The lowest BCUT2D eigenvalue weighted by molar-refractivity contribution is -0.133. The summed E-state index contributed by atoms with van der Waals surface area (Å²) >= 11 is 2.97. The first-order chi connectivity index (χ1) is 15.9. The van der Waals surface area contributed by atoms with Gasteiger partial charge in [-0.25, -0.2) is 9.97 Å².